The van der Waals surface area contributed by atoms with E-state index in [9.17, 15) is 9.59 Å². The molecule has 0 saturated carbocycles. The van der Waals surface area contributed by atoms with E-state index in [-0.39, 0.29) is 29.8 Å². The van der Waals surface area contributed by atoms with Crippen molar-refractivity contribution < 1.29 is 9.53 Å². The average molecular weight is 353 g/mol. The zero-order valence-corrected chi connectivity index (χ0v) is 14.6. The molecule has 0 atom stereocenters. The number of ether oxygens (including phenoxy) is 1. The number of aryl methyl sites for hydroxylation is 2. The molecular formula is C18H19N5O3. The SMILES string of the molecule is Cc1cc(=O)n2[nH]c(CC(=O)N3CC(Oc4ccccc4C)C3)nc2n1. The molecule has 134 valence electrons. The van der Waals surface area contributed by atoms with E-state index in [0.29, 0.717) is 24.6 Å². The number of carbonyl (C=O) groups is 1. The van der Waals surface area contributed by atoms with E-state index in [1.54, 1.807) is 11.8 Å². The van der Waals surface area contributed by atoms with Crippen molar-refractivity contribution in [1.82, 2.24) is 24.5 Å². The maximum Gasteiger partial charge on any atom is 0.274 e. The van der Waals surface area contributed by atoms with Crippen molar-refractivity contribution in [3.8, 4) is 5.75 Å². The molecule has 1 aromatic carbocycles. The highest BCUT2D eigenvalue weighted by Crippen LogP contribution is 2.22. The van der Waals surface area contributed by atoms with Gasteiger partial charge >= 0.3 is 0 Å². The van der Waals surface area contributed by atoms with Gasteiger partial charge in [0.25, 0.3) is 11.3 Å². The number of para-hydroxylation sites is 1. The van der Waals surface area contributed by atoms with E-state index in [1.807, 2.05) is 31.2 Å². The van der Waals surface area contributed by atoms with E-state index >= 15 is 0 Å². The molecule has 0 spiro atoms. The number of rotatable bonds is 4. The summed E-state index contributed by atoms with van der Waals surface area (Å²) in [5, 5.41) is 2.84. The maximum atomic E-state index is 12.4. The fourth-order valence-electron chi connectivity index (χ4n) is 2.96. The third-order valence-electron chi connectivity index (χ3n) is 4.41. The Labute approximate surface area is 149 Å². The number of aromatic nitrogens is 4. The van der Waals surface area contributed by atoms with Crippen LogP contribution in [0.1, 0.15) is 17.1 Å². The molecule has 0 unspecified atom stereocenters. The summed E-state index contributed by atoms with van der Waals surface area (Å²) >= 11 is 0. The Bertz CT molecular complexity index is 1030. The summed E-state index contributed by atoms with van der Waals surface area (Å²) in [7, 11) is 0. The summed E-state index contributed by atoms with van der Waals surface area (Å²) in [4.78, 5) is 34.4. The Kier molecular flexibility index (Phi) is 3.95. The van der Waals surface area contributed by atoms with Crippen molar-refractivity contribution in [3.63, 3.8) is 0 Å². The second-order valence-corrected chi connectivity index (χ2v) is 6.52. The lowest BCUT2D eigenvalue weighted by Gasteiger charge is -2.39. The van der Waals surface area contributed by atoms with Crippen LogP contribution in [0.25, 0.3) is 5.78 Å². The van der Waals surface area contributed by atoms with Crippen molar-refractivity contribution in [2.45, 2.75) is 26.4 Å². The molecule has 1 amide bonds. The molecule has 26 heavy (non-hydrogen) atoms. The van der Waals surface area contributed by atoms with Crippen molar-refractivity contribution in [2.24, 2.45) is 0 Å². The Hall–Kier alpha value is -3.16. The summed E-state index contributed by atoms with van der Waals surface area (Å²) in [6.07, 6.45) is 0.0986. The highest BCUT2D eigenvalue weighted by molar-refractivity contribution is 5.79. The molecule has 1 saturated heterocycles. The number of amides is 1. The Morgan fingerprint density at radius 2 is 2.04 bits per heavy atom. The quantitative estimate of drug-likeness (QED) is 0.751. The molecule has 8 heteroatoms. The van der Waals surface area contributed by atoms with Gasteiger partial charge in [-0.1, -0.05) is 18.2 Å². The Balaban J connectivity index is 1.37. The average Bonchev–Trinajstić information content (AvgIpc) is 2.94. The molecule has 3 aromatic rings. The largest absolute Gasteiger partial charge is 0.486 e. The summed E-state index contributed by atoms with van der Waals surface area (Å²) in [6, 6.07) is 9.24. The van der Waals surface area contributed by atoms with Gasteiger partial charge in [0.15, 0.2) is 0 Å². The number of fused-ring (bicyclic) bond motifs is 1. The molecular weight excluding hydrogens is 334 g/mol. The summed E-state index contributed by atoms with van der Waals surface area (Å²) in [6.45, 7) is 4.82. The van der Waals surface area contributed by atoms with Gasteiger partial charge in [-0.15, -0.1) is 0 Å². The number of likely N-dealkylation sites (tertiary alicyclic amines) is 1. The standard InChI is InChI=1S/C18H19N5O3/c1-11-5-3-4-6-14(11)26-13-9-22(10-13)16(24)8-15-20-18-19-12(2)7-17(25)23(18)21-15/h3-7,13H,8-10H2,1-2H3,(H,19,20,21). The number of nitrogens with one attached hydrogen (secondary N) is 1. The Morgan fingerprint density at radius 3 is 2.81 bits per heavy atom. The first-order valence-corrected chi connectivity index (χ1v) is 8.45. The zero-order valence-electron chi connectivity index (χ0n) is 14.6. The van der Waals surface area contributed by atoms with Crippen molar-refractivity contribution in [1.29, 1.82) is 0 Å². The second kappa shape index (κ2) is 6.29. The van der Waals surface area contributed by atoms with Crippen LogP contribution in [0.5, 0.6) is 5.75 Å². The van der Waals surface area contributed by atoms with Gasteiger partial charge in [-0.3, -0.25) is 14.7 Å². The molecule has 1 fully saturated rings. The van der Waals surface area contributed by atoms with Crippen LogP contribution in [-0.4, -0.2) is 49.6 Å². The lowest BCUT2D eigenvalue weighted by atomic mass is 10.1. The predicted octanol–water partition coefficient (Wildman–Crippen LogP) is 0.867. The van der Waals surface area contributed by atoms with E-state index in [2.05, 4.69) is 15.1 Å². The smallest absolute Gasteiger partial charge is 0.274 e. The minimum absolute atomic E-state index is 0.00246. The van der Waals surface area contributed by atoms with Gasteiger partial charge in [0.05, 0.1) is 19.5 Å². The van der Waals surface area contributed by atoms with Crippen LogP contribution < -0.4 is 10.3 Å². The molecule has 3 heterocycles. The Morgan fingerprint density at radius 1 is 1.27 bits per heavy atom. The van der Waals surface area contributed by atoms with Crippen molar-refractivity contribution in [3.05, 3.63) is 57.8 Å². The number of aromatic amines is 1. The fraction of sp³-hybridized carbons (Fsp3) is 0.333. The first-order valence-electron chi connectivity index (χ1n) is 8.45. The first kappa shape index (κ1) is 16.3. The summed E-state index contributed by atoms with van der Waals surface area (Å²) < 4.78 is 7.16. The third-order valence-corrected chi connectivity index (χ3v) is 4.41. The molecule has 0 radical (unpaired) electrons. The van der Waals surface area contributed by atoms with Crippen LogP contribution in [0, 0.1) is 13.8 Å². The monoisotopic (exact) mass is 353 g/mol. The zero-order chi connectivity index (χ0) is 18.3. The first-order chi connectivity index (χ1) is 12.5. The maximum absolute atomic E-state index is 12.4. The van der Waals surface area contributed by atoms with E-state index in [1.165, 1.54) is 10.6 Å². The van der Waals surface area contributed by atoms with Gasteiger partial charge in [-0.05, 0) is 25.5 Å². The van der Waals surface area contributed by atoms with Crippen LogP contribution in [0.2, 0.25) is 0 Å². The summed E-state index contributed by atoms with van der Waals surface area (Å²) in [5.74, 6) is 1.50. The molecule has 2 aromatic heterocycles. The van der Waals surface area contributed by atoms with Crippen LogP contribution in [0.15, 0.2) is 35.1 Å². The lowest BCUT2D eigenvalue weighted by molar-refractivity contribution is -0.139. The molecule has 1 aliphatic rings. The van der Waals surface area contributed by atoms with Gasteiger partial charge in [-0.2, -0.15) is 9.50 Å². The number of nitrogens with zero attached hydrogens (tertiary/aromatic N) is 4. The molecule has 1 aliphatic heterocycles. The fourth-order valence-corrected chi connectivity index (χ4v) is 2.96. The molecule has 4 rings (SSSR count). The van der Waals surface area contributed by atoms with Crippen molar-refractivity contribution >= 4 is 11.7 Å². The highest BCUT2D eigenvalue weighted by Gasteiger charge is 2.32. The van der Waals surface area contributed by atoms with Crippen LogP contribution >= 0.6 is 0 Å². The number of hydrogen-bond donors (Lipinski definition) is 1. The van der Waals surface area contributed by atoms with Crippen LogP contribution in [0.3, 0.4) is 0 Å². The van der Waals surface area contributed by atoms with Crippen molar-refractivity contribution in [2.75, 3.05) is 13.1 Å². The second-order valence-electron chi connectivity index (χ2n) is 6.52. The third kappa shape index (κ3) is 3.05. The number of H-pyrrole nitrogens is 1. The van der Waals surface area contributed by atoms with Crippen LogP contribution in [-0.2, 0) is 11.2 Å². The normalized spacial score (nSPS) is 14.5. The minimum Gasteiger partial charge on any atom is -0.486 e. The van der Waals surface area contributed by atoms with E-state index in [0.717, 1.165) is 11.3 Å². The number of carbonyl (C=O) groups excluding carboxylic acids is 1. The number of benzene rings is 1. The van der Waals surface area contributed by atoms with E-state index < -0.39 is 0 Å². The van der Waals surface area contributed by atoms with Gasteiger partial charge < -0.3 is 9.64 Å². The van der Waals surface area contributed by atoms with Crippen LogP contribution in [0.4, 0.5) is 0 Å². The minimum atomic E-state index is -0.241. The highest BCUT2D eigenvalue weighted by atomic mass is 16.5. The number of hydrogen-bond acceptors (Lipinski definition) is 5. The molecule has 1 N–H and O–H groups in total. The van der Waals surface area contributed by atoms with Gasteiger partial charge in [0.1, 0.15) is 17.7 Å². The van der Waals surface area contributed by atoms with Gasteiger partial charge in [0, 0.05) is 11.8 Å². The topological polar surface area (TPSA) is 92.6 Å². The lowest BCUT2D eigenvalue weighted by Crippen LogP contribution is -2.56. The predicted molar refractivity (Wildman–Crippen MR) is 94.2 cm³/mol. The molecule has 0 aliphatic carbocycles. The van der Waals surface area contributed by atoms with Gasteiger partial charge in [0.2, 0.25) is 5.91 Å². The summed E-state index contributed by atoms with van der Waals surface area (Å²) in [5.41, 5.74) is 1.43. The van der Waals surface area contributed by atoms with Gasteiger partial charge in [-0.25, -0.2) is 4.98 Å². The molecule has 8 nitrogen and oxygen atoms in total. The van der Waals surface area contributed by atoms with E-state index in [4.69, 9.17) is 4.74 Å². The molecule has 0 bridgehead atoms.